The van der Waals surface area contributed by atoms with E-state index in [1.54, 1.807) is 0 Å². The molecule has 0 aromatic rings. The van der Waals surface area contributed by atoms with E-state index in [0.29, 0.717) is 23.7 Å². The lowest BCUT2D eigenvalue weighted by Crippen LogP contribution is -2.63. The molecule has 4 rings (SSSR count). The number of carbonyl (C=O) groups is 2. The largest absolute Gasteiger partial charge is 0.481 e. The molecule has 26 heavy (non-hydrogen) atoms. The molecule has 2 bridgehead atoms. The normalized spacial score (nSPS) is 49.9. The fourth-order valence-corrected chi connectivity index (χ4v) is 7.92. The standard InChI is InChI=1S/C22H32O4/c1-13-11-22-10-7-16-20(3,17(22)6-5-15(13)12-22)9-8-18(26-14(2)23)21(16,4)19(24)25/h15-18H,1,5-12H2,2-4H3,(H,24,25)/t15-,16+,17+,18+,20-,21+,22-/m1/s1. The van der Waals surface area contributed by atoms with E-state index in [4.69, 9.17) is 4.74 Å². The molecule has 0 unspecified atom stereocenters. The highest BCUT2D eigenvalue weighted by Gasteiger charge is 2.67. The van der Waals surface area contributed by atoms with E-state index in [9.17, 15) is 14.7 Å². The van der Waals surface area contributed by atoms with Gasteiger partial charge in [0.1, 0.15) is 11.5 Å². The molecule has 0 aromatic carbocycles. The Morgan fingerprint density at radius 2 is 1.85 bits per heavy atom. The lowest BCUT2D eigenvalue weighted by molar-refractivity contribution is -0.212. The van der Waals surface area contributed by atoms with Gasteiger partial charge in [-0.15, -0.1) is 0 Å². The van der Waals surface area contributed by atoms with Crippen LogP contribution in [-0.2, 0) is 14.3 Å². The minimum Gasteiger partial charge on any atom is -0.481 e. The minimum absolute atomic E-state index is 0.0115. The van der Waals surface area contributed by atoms with Gasteiger partial charge >= 0.3 is 11.9 Å². The first kappa shape index (κ1) is 18.1. The zero-order valence-corrected chi connectivity index (χ0v) is 16.3. The van der Waals surface area contributed by atoms with Crippen molar-refractivity contribution in [2.45, 2.75) is 78.2 Å². The van der Waals surface area contributed by atoms with Crippen molar-refractivity contribution < 1.29 is 19.4 Å². The highest BCUT2D eigenvalue weighted by Crippen LogP contribution is 2.72. The number of esters is 1. The third-order valence-electron chi connectivity index (χ3n) is 8.98. The van der Waals surface area contributed by atoms with Crippen LogP contribution in [0.4, 0.5) is 0 Å². The van der Waals surface area contributed by atoms with E-state index in [-0.39, 0.29) is 17.3 Å². The Labute approximate surface area is 156 Å². The molecule has 4 fully saturated rings. The van der Waals surface area contributed by atoms with Crippen LogP contribution >= 0.6 is 0 Å². The molecule has 1 N–H and O–H groups in total. The maximum absolute atomic E-state index is 12.4. The Morgan fingerprint density at radius 3 is 2.50 bits per heavy atom. The fraction of sp³-hybridized carbons (Fsp3) is 0.818. The molecule has 4 saturated carbocycles. The van der Waals surface area contributed by atoms with Gasteiger partial charge in [-0.1, -0.05) is 19.1 Å². The van der Waals surface area contributed by atoms with Crippen molar-refractivity contribution in [2.75, 3.05) is 0 Å². The second-order valence-corrected chi connectivity index (χ2v) is 10.1. The molecule has 0 amide bonds. The van der Waals surface area contributed by atoms with Crippen LogP contribution in [0, 0.1) is 34.0 Å². The monoisotopic (exact) mass is 360 g/mol. The topological polar surface area (TPSA) is 63.6 Å². The average Bonchev–Trinajstić information content (AvgIpc) is 2.79. The van der Waals surface area contributed by atoms with E-state index >= 15 is 0 Å². The molecular formula is C22H32O4. The average molecular weight is 360 g/mol. The summed E-state index contributed by atoms with van der Waals surface area (Å²) in [5, 5.41) is 10.2. The molecule has 0 radical (unpaired) electrons. The highest BCUT2D eigenvalue weighted by atomic mass is 16.5. The maximum Gasteiger partial charge on any atom is 0.313 e. The van der Waals surface area contributed by atoms with Crippen molar-refractivity contribution in [3.8, 4) is 0 Å². The maximum atomic E-state index is 12.4. The first-order valence-electron chi connectivity index (χ1n) is 10.2. The summed E-state index contributed by atoms with van der Waals surface area (Å²) < 4.78 is 5.54. The SMILES string of the molecule is C=C1C[C@@]23CC[C@H]4[C@@](C)(CC[C@H](OC(C)=O)[C@@]4(C)C(=O)O)[C@@H]2CC[C@@H]1C3. The Balaban J connectivity index is 1.73. The van der Waals surface area contributed by atoms with Crippen LogP contribution in [0.5, 0.6) is 0 Å². The predicted octanol–water partition coefficient (Wildman–Crippen LogP) is 4.58. The summed E-state index contributed by atoms with van der Waals surface area (Å²) >= 11 is 0. The van der Waals surface area contributed by atoms with Crippen LogP contribution in [0.3, 0.4) is 0 Å². The lowest BCUT2D eigenvalue weighted by atomic mass is 9.40. The molecule has 1 spiro atoms. The van der Waals surface area contributed by atoms with Gasteiger partial charge in [0, 0.05) is 6.92 Å². The number of fused-ring (bicyclic) bond motifs is 3. The number of carboxylic acid groups (broad SMARTS) is 1. The van der Waals surface area contributed by atoms with Crippen molar-refractivity contribution in [1.82, 2.24) is 0 Å². The number of carbonyl (C=O) groups excluding carboxylic acids is 1. The number of aliphatic carboxylic acids is 1. The zero-order valence-electron chi connectivity index (χ0n) is 16.3. The second-order valence-electron chi connectivity index (χ2n) is 10.1. The van der Waals surface area contributed by atoms with Gasteiger partial charge in [0.2, 0.25) is 0 Å². The molecule has 0 saturated heterocycles. The molecule has 144 valence electrons. The van der Waals surface area contributed by atoms with Gasteiger partial charge in [-0.05, 0) is 86.9 Å². The van der Waals surface area contributed by atoms with Crippen LogP contribution in [0.2, 0.25) is 0 Å². The number of carboxylic acids is 1. The molecular weight excluding hydrogens is 328 g/mol. The Hall–Kier alpha value is -1.32. The van der Waals surface area contributed by atoms with Crippen molar-refractivity contribution in [3.05, 3.63) is 12.2 Å². The molecule has 4 aliphatic carbocycles. The Bertz CT molecular complexity index is 669. The summed E-state index contributed by atoms with van der Waals surface area (Å²) in [6.07, 6.45) is 7.94. The van der Waals surface area contributed by atoms with Gasteiger partial charge in [-0.25, -0.2) is 0 Å². The molecule has 0 aromatic heterocycles. The minimum atomic E-state index is -0.993. The summed E-state index contributed by atoms with van der Waals surface area (Å²) in [5.41, 5.74) is 0.799. The van der Waals surface area contributed by atoms with E-state index in [1.165, 1.54) is 31.8 Å². The fourth-order valence-electron chi connectivity index (χ4n) is 7.92. The van der Waals surface area contributed by atoms with Crippen molar-refractivity contribution in [2.24, 2.45) is 34.0 Å². The summed E-state index contributed by atoms with van der Waals surface area (Å²) in [6, 6.07) is 0. The van der Waals surface area contributed by atoms with Crippen LogP contribution in [0.1, 0.15) is 72.1 Å². The van der Waals surface area contributed by atoms with Gasteiger partial charge in [0.05, 0.1) is 0 Å². The third-order valence-corrected chi connectivity index (χ3v) is 8.98. The molecule has 7 atom stereocenters. The van der Waals surface area contributed by atoms with Gasteiger partial charge in [-0.3, -0.25) is 9.59 Å². The molecule has 4 heteroatoms. The van der Waals surface area contributed by atoms with Crippen LogP contribution in [0.25, 0.3) is 0 Å². The van der Waals surface area contributed by atoms with Gasteiger partial charge < -0.3 is 9.84 Å². The Morgan fingerprint density at radius 1 is 1.12 bits per heavy atom. The van der Waals surface area contributed by atoms with Crippen LogP contribution in [-0.4, -0.2) is 23.1 Å². The number of allylic oxidation sites excluding steroid dienone is 1. The van der Waals surface area contributed by atoms with E-state index in [1.807, 2.05) is 6.92 Å². The molecule has 0 heterocycles. The van der Waals surface area contributed by atoms with Crippen molar-refractivity contribution >= 4 is 11.9 Å². The second kappa shape index (κ2) is 5.59. The molecule has 4 aliphatic rings. The number of rotatable bonds is 2. The van der Waals surface area contributed by atoms with Gasteiger partial charge in [0.15, 0.2) is 0 Å². The number of hydrogen-bond donors (Lipinski definition) is 1. The summed E-state index contributed by atoms with van der Waals surface area (Å²) in [7, 11) is 0. The van der Waals surface area contributed by atoms with Crippen LogP contribution in [0.15, 0.2) is 12.2 Å². The van der Waals surface area contributed by atoms with E-state index in [2.05, 4.69) is 13.5 Å². The lowest BCUT2D eigenvalue weighted by Gasteiger charge is -2.64. The highest BCUT2D eigenvalue weighted by molar-refractivity contribution is 5.77. The molecule has 0 aliphatic heterocycles. The Kier molecular flexibility index (Phi) is 3.88. The van der Waals surface area contributed by atoms with Crippen molar-refractivity contribution in [3.63, 3.8) is 0 Å². The molecule has 4 nitrogen and oxygen atoms in total. The smallest absolute Gasteiger partial charge is 0.313 e. The first-order chi connectivity index (χ1) is 12.1. The van der Waals surface area contributed by atoms with E-state index in [0.717, 1.165) is 25.7 Å². The zero-order chi connectivity index (χ0) is 18.9. The number of ether oxygens (including phenoxy) is 1. The quantitative estimate of drug-likeness (QED) is 0.578. The third kappa shape index (κ3) is 2.20. The van der Waals surface area contributed by atoms with Crippen molar-refractivity contribution in [1.29, 1.82) is 0 Å². The summed E-state index contributed by atoms with van der Waals surface area (Å²) in [4.78, 5) is 24.0. The summed E-state index contributed by atoms with van der Waals surface area (Å²) in [6.45, 7) is 9.92. The van der Waals surface area contributed by atoms with Gasteiger partial charge in [-0.2, -0.15) is 0 Å². The van der Waals surface area contributed by atoms with E-state index < -0.39 is 17.5 Å². The van der Waals surface area contributed by atoms with Gasteiger partial charge in [0.25, 0.3) is 0 Å². The summed E-state index contributed by atoms with van der Waals surface area (Å²) in [5.74, 6) is 0.147. The predicted molar refractivity (Wildman–Crippen MR) is 98.4 cm³/mol. The number of hydrogen-bond acceptors (Lipinski definition) is 3. The first-order valence-corrected chi connectivity index (χ1v) is 10.2. The van der Waals surface area contributed by atoms with Crippen LogP contribution < -0.4 is 0 Å².